The van der Waals surface area contributed by atoms with Crippen LogP contribution in [-0.4, -0.2) is 30.6 Å². The topological polar surface area (TPSA) is 64.3 Å². The fraction of sp³-hybridized carbons (Fsp3) is 0.318. The number of amides is 1. The predicted molar refractivity (Wildman–Crippen MR) is 124 cm³/mol. The summed E-state index contributed by atoms with van der Waals surface area (Å²) in [5, 5.41) is 1.68. The van der Waals surface area contributed by atoms with Crippen molar-refractivity contribution in [2.24, 2.45) is 5.90 Å². The molecule has 0 aliphatic heterocycles. The van der Waals surface area contributed by atoms with Crippen molar-refractivity contribution in [1.82, 2.24) is 5.32 Å². The molecule has 0 fully saturated rings. The molecule has 1 amide bonds. The molecule has 0 aliphatic rings. The van der Waals surface area contributed by atoms with Crippen molar-refractivity contribution in [3.05, 3.63) is 69.7 Å². The zero-order chi connectivity index (χ0) is 26.6. The summed E-state index contributed by atoms with van der Waals surface area (Å²) < 4.78 is 79.2. The number of thioether (sulfide) groups is 1. The number of carbonyl (C=O) groups is 1. The average molecular weight is 561 g/mol. The summed E-state index contributed by atoms with van der Waals surface area (Å²) in [5.41, 5.74) is -2.44. The van der Waals surface area contributed by atoms with Gasteiger partial charge in [0.05, 0.1) is 5.75 Å². The maximum absolute atomic E-state index is 14.2. The highest BCUT2D eigenvalue weighted by atomic mass is 35.5. The van der Waals surface area contributed by atoms with Gasteiger partial charge in [0.25, 0.3) is 0 Å². The monoisotopic (exact) mass is 560 g/mol. The molecule has 4 nitrogen and oxygen atoms in total. The van der Waals surface area contributed by atoms with Crippen LogP contribution < -0.4 is 11.2 Å². The summed E-state index contributed by atoms with van der Waals surface area (Å²) in [6.45, 7) is 3.96. The van der Waals surface area contributed by atoms with Gasteiger partial charge < -0.3 is 5.32 Å². The van der Waals surface area contributed by atoms with E-state index < -0.39 is 42.4 Å². The number of halogens is 8. The minimum Gasteiger partial charge on any atom is -0.346 e. The van der Waals surface area contributed by atoms with Gasteiger partial charge in [-0.15, -0.1) is 11.8 Å². The lowest BCUT2D eigenvalue weighted by Crippen LogP contribution is -2.47. The van der Waals surface area contributed by atoms with Crippen LogP contribution in [0.5, 0.6) is 0 Å². The molecular weight excluding hydrogens is 541 g/mol. The van der Waals surface area contributed by atoms with E-state index in [9.17, 15) is 31.1 Å². The first-order valence-electron chi connectivity index (χ1n) is 9.74. The van der Waals surface area contributed by atoms with E-state index in [-0.39, 0.29) is 21.4 Å². The Hall–Kier alpha value is -1.92. The highest BCUT2D eigenvalue weighted by Gasteiger charge is 2.58. The van der Waals surface area contributed by atoms with Gasteiger partial charge in [0.15, 0.2) is 0 Å². The Morgan fingerprint density at radius 2 is 1.69 bits per heavy atom. The van der Waals surface area contributed by atoms with Crippen LogP contribution in [0.1, 0.15) is 23.1 Å². The maximum Gasteiger partial charge on any atom is 0.424 e. The van der Waals surface area contributed by atoms with Crippen LogP contribution in [-0.2, 0) is 15.2 Å². The maximum atomic E-state index is 14.2. The Morgan fingerprint density at radius 1 is 1.09 bits per heavy atom. The molecule has 0 heterocycles. The molecule has 2 aromatic rings. The molecule has 35 heavy (non-hydrogen) atoms. The number of rotatable bonds is 9. The van der Waals surface area contributed by atoms with E-state index in [0.29, 0.717) is 16.0 Å². The first-order valence-corrected chi connectivity index (χ1v) is 11.5. The molecule has 0 bridgehead atoms. The first-order chi connectivity index (χ1) is 16.1. The highest BCUT2D eigenvalue weighted by Crippen LogP contribution is 2.48. The number of aryl methyl sites for hydroxylation is 1. The summed E-state index contributed by atoms with van der Waals surface area (Å²) in [5.74, 6) is 4.08. The molecule has 0 aliphatic carbocycles. The van der Waals surface area contributed by atoms with Crippen molar-refractivity contribution in [3.8, 4) is 0 Å². The molecule has 1 unspecified atom stereocenters. The molecule has 2 aromatic carbocycles. The number of hydrogen-bond acceptors (Lipinski definition) is 4. The lowest BCUT2D eigenvalue weighted by Gasteiger charge is -2.35. The van der Waals surface area contributed by atoms with Crippen molar-refractivity contribution in [1.29, 1.82) is 0 Å². The van der Waals surface area contributed by atoms with Crippen LogP contribution in [0.4, 0.5) is 26.3 Å². The van der Waals surface area contributed by atoms with E-state index in [1.165, 1.54) is 18.2 Å². The second kappa shape index (κ2) is 11.4. The van der Waals surface area contributed by atoms with E-state index in [2.05, 4.69) is 11.4 Å². The van der Waals surface area contributed by atoms with Crippen LogP contribution >= 0.6 is 35.0 Å². The van der Waals surface area contributed by atoms with E-state index in [1.807, 2.05) is 0 Å². The average Bonchev–Trinajstić information content (AvgIpc) is 2.72. The quantitative estimate of drug-likeness (QED) is 0.200. The van der Waals surface area contributed by atoms with Gasteiger partial charge in [0, 0.05) is 21.4 Å². The Morgan fingerprint density at radius 3 is 2.17 bits per heavy atom. The SMILES string of the molecule is C=C(CC(ON)(c1cc(Cl)cc(Cl)c1)C(F)(F)F)c1ccc(SCC(=O)NCC(F)(F)F)c(C)c1. The highest BCUT2D eigenvalue weighted by molar-refractivity contribution is 8.00. The van der Waals surface area contributed by atoms with Crippen molar-refractivity contribution in [2.75, 3.05) is 12.3 Å². The minimum atomic E-state index is -4.96. The van der Waals surface area contributed by atoms with Crippen LogP contribution in [0.15, 0.2) is 47.9 Å². The molecule has 1 atom stereocenters. The zero-order valence-corrected chi connectivity index (χ0v) is 20.4. The number of alkyl halides is 6. The molecule has 0 saturated heterocycles. The molecule has 3 N–H and O–H groups in total. The standard InChI is InChI=1S/C22H20Cl2F6N2O2S/c1-12-5-14(3-4-18(12)35-10-19(33)32-11-21(25,26)27)13(2)9-20(34-31,22(28,29)30)15-6-16(23)8-17(24)7-15/h3-8H,2,9-11,31H2,1H3,(H,32,33). The lowest BCUT2D eigenvalue weighted by atomic mass is 9.84. The zero-order valence-electron chi connectivity index (χ0n) is 18.1. The molecule has 192 valence electrons. The first kappa shape index (κ1) is 29.3. The Kier molecular flexibility index (Phi) is 9.57. The van der Waals surface area contributed by atoms with Gasteiger partial charge in [-0.05, 0) is 53.5 Å². The number of nitrogens with two attached hydrogens (primary N) is 1. The van der Waals surface area contributed by atoms with Gasteiger partial charge in [-0.25, -0.2) is 5.90 Å². The lowest BCUT2D eigenvalue weighted by molar-refractivity contribution is -0.285. The van der Waals surface area contributed by atoms with Crippen LogP contribution in [0.2, 0.25) is 10.0 Å². The molecule has 0 saturated carbocycles. The van der Waals surface area contributed by atoms with Gasteiger partial charge in [-0.1, -0.05) is 41.9 Å². The second-order valence-corrected chi connectivity index (χ2v) is 9.43. The number of benzene rings is 2. The largest absolute Gasteiger partial charge is 0.424 e. The van der Waals surface area contributed by atoms with Crippen molar-refractivity contribution in [2.45, 2.75) is 36.2 Å². The third kappa shape index (κ3) is 7.78. The van der Waals surface area contributed by atoms with E-state index in [1.54, 1.807) is 18.3 Å². The van der Waals surface area contributed by atoms with Gasteiger partial charge in [-0.3, -0.25) is 9.63 Å². The normalized spacial score (nSPS) is 13.9. The molecule has 2 rings (SSSR count). The third-order valence-electron chi connectivity index (χ3n) is 4.88. The molecule has 0 aromatic heterocycles. The Balaban J connectivity index is 2.24. The van der Waals surface area contributed by atoms with E-state index >= 15 is 0 Å². The minimum absolute atomic E-state index is 0.0337. The van der Waals surface area contributed by atoms with Gasteiger partial charge >= 0.3 is 12.4 Å². The van der Waals surface area contributed by atoms with E-state index in [4.69, 9.17) is 29.1 Å². The summed E-state index contributed by atoms with van der Waals surface area (Å²) in [6.07, 6.45) is -10.3. The fourth-order valence-corrected chi connectivity index (χ4v) is 4.52. The van der Waals surface area contributed by atoms with Crippen molar-refractivity contribution >= 4 is 46.4 Å². The number of hydrogen-bond donors (Lipinski definition) is 2. The van der Waals surface area contributed by atoms with Crippen LogP contribution in [0.3, 0.4) is 0 Å². The summed E-state index contributed by atoms with van der Waals surface area (Å²) in [4.78, 5) is 16.7. The second-order valence-electron chi connectivity index (χ2n) is 7.54. The predicted octanol–water partition coefficient (Wildman–Crippen LogP) is 6.82. The van der Waals surface area contributed by atoms with Crippen molar-refractivity contribution in [3.63, 3.8) is 0 Å². The summed E-state index contributed by atoms with van der Waals surface area (Å²) >= 11 is 12.8. The van der Waals surface area contributed by atoms with E-state index in [0.717, 1.165) is 23.9 Å². The summed E-state index contributed by atoms with van der Waals surface area (Å²) in [7, 11) is 0. The number of nitrogens with one attached hydrogen (secondary N) is 1. The Labute approximate surface area is 211 Å². The third-order valence-corrected chi connectivity index (χ3v) is 6.49. The number of carbonyl (C=O) groups excluding carboxylic acids is 1. The van der Waals surface area contributed by atoms with Gasteiger partial charge in [0.1, 0.15) is 6.54 Å². The van der Waals surface area contributed by atoms with Crippen molar-refractivity contribution < 1.29 is 36.0 Å². The molecule has 13 heteroatoms. The molecule has 0 spiro atoms. The smallest absolute Gasteiger partial charge is 0.346 e. The summed E-state index contributed by atoms with van der Waals surface area (Å²) in [6, 6.07) is 7.93. The molecule has 0 radical (unpaired) electrons. The van der Waals surface area contributed by atoms with Gasteiger partial charge in [-0.2, -0.15) is 26.3 Å². The van der Waals surface area contributed by atoms with Crippen LogP contribution in [0.25, 0.3) is 5.57 Å². The fourth-order valence-electron chi connectivity index (χ4n) is 3.16. The Bertz CT molecular complexity index is 1070. The molecular formula is C22H20Cl2F6N2O2S. The van der Waals surface area contributed by atoms with Gasteiger partial charge in [0.2, 0.25) is 11.5 Å². The van der Waals surface area contributed by atoms with Crippen LogP contribution in [0, 0.1) is 6.92 Å².